The fraction of sp³-hybridized carbons (Fsp3) is 0.409. The highest BCUT2D eigenvalue weighted by Crippen LogP contribution is 2.34. The first-order valence-electron chi connectivity index (χ1n) is 10.1. The van der Waals surface area contributed by atoms with Crippen molar-refractivity contribution in [3.8, 4) is 17.2 Å². The number of carbonyl (C=O) groups excluding carboxylic acids is 1. The third-order valence-electron chi connectivity index (χ3n) is 4.90. The molecule has 3 rings (SSSR count). The Morgan fingerprint density at radius 1 is 1.23 bits per heavy atom. The van der Waals surface area contributed by atoms with Crippen LogP contribution >= 0.6 is 0 Å². The van der Waals surface area contributed by atoms with Crippen LogP contribution in [-0.4, -0.2) is 53.5 Å². The number of methoxy groups -OCH3 is 1. The monoisotopic (exact) mass is 448 g/mol. The van der Waals surface area contributed by atoms with E-state index in [0.29, 0.717) is 42.5 Å². The summed E-state index contributed by atoms with van der Waals surface area (Å²) in [6, 6.07) is 12.6. The van der Waals surface area contributed by atoms with Crippen molar-refractivity contribution in [1.82, 2.24) is 5.32 Å². The molecular formula is C22H28N2O6S. The maximum atomic E-state index is 12.6. The Balaban J connectivity index is 1.56. The Kier molecular flexibility index (Phi) is 7.27. The van der Waals surface area contributed by atoms with Gasteiger partial charge in [0.2, 0.25) is 10.0 Å². The van der Waals surface area contributed by atoms with Gasteiger partial charge in [0.15, 0.2) is 17.6 Å². The second-order valence-corrected chi connectivity index (χ2v) is 9.09. The van der Waals surface area contributed by atoms with Crippen LogP contribution in [0.5, 0.6) is 17.2 Å². The van der Waals surface area contributed by atoms with Crippen molar-refractivity contribution in [2.45, 2.75) is 25.9 Å². The Morgan fingerprint density at radius 2 is 2.00 bits per heavy atom. The first-order valence-corrected chi connectivity index (χ1v) is 12.0. The average Bonchev–Trinajstić information content (AvgIpc) is 2.76. The van der Waals surface area contributed by atoms with Crippen LogP contribution in [0.1, 0.15) is 18.9 Å². The van der Waals surface area contributed by atoms with Gasteiger partial charge in [0.1, 0.15) is 5.75 Å². The molecule has 0 spiro atoms. The normalized spacial score (nSPS) is 15.6. The zero-order valence-corrected chi connectivity index (χ0v) is 18.8. The van der Waals surface area contributed by atoms with Crippen LogP contribution in [0.25, 0.3) is 0 Å². The van der Waals surface area contributed by atoms with Gasteiger partial charge in [-0.3, -0.25) is 9.10 Å². The van der Waals surface area contributed by atoms with Crippen molar-refractivity contribution in [3.63, 3.8) is 0 Å². The van der Waals surface area contributed by atoms with Gasteiger partial charge < -0.3 is 19.5 Å². The maximum absolute atomic E-state index is 12.6. The van der Waals surface area contributed by atoms with Crippen LogP contribution < -0.4 is 23.8 Å². The van der Waals surface area contributed by atoms with E-state index in [9.17, 15) is 13.2 Å². The van der Waals surface area contributed by atoms with Gasteiger partial charge in [-0.25, -0.2) is 8.42 Å². The molecule has 0 unspecified atom stereocenters. The number of rotatable bonds is 9. The van der Waals surface area contributed by atoms with Gasteiger partial charge in [0.25, 0.3) is 5.91 Å². The number of sulfonamides is 1. The lowest BCUT2D eigenvalue weighted by atomic mass is 10.1. The highest BCUT2D eigenvalue weighted by atomic mass is 32.2. The van der Waals surface area contributed by atoms with Crippen LogP contribution in [0.2, 0.25) is 0 Å². The largest absolute Gasteiger partial charge is 0.493 e. The number of aryl methyl sites for hydroxylation is 1. The number of ether oxygens (including phenoxy) is 3. The minimum Gasteiger partial charge on any atom is -0.493 e. The fourth-order valence-corrected chi connectivity index (χ4v) is 4.33. The third-order valence-corrected chi connectivity index (χ3v) is 6.04. The van der Waals surface area contributed by atoms with Gasteiger partial charge in [-0.05, 0) is 49.6 Å². The third kappa shape index (κ3) is 5.61. The number of hydrogen-bond donors (Lipinski definition) is 1. The molecule has 0 bridgehead atoms. The molecule has 0 saturated heterocycles. The molecule has 0 aliphatic carbocycles. The standard InChI is InChI=1S/C22H28N2O6S/c1-4-29-19-12-11-16(14-20(19)28-2)8-7-13-23-22(25)21-15-24(31(3,26)27)17-9-5-6-10-18(17)30-21/h5-6,9-12,14,21H,4,7-8,13,15H2,1-3H3,(H,23,25)/t21-/m0/s1. The van der Waals surface area contributed by atoms with Gasteiger partial charge in [-0.2, -0.15) is 0 Å². The smallest absolute Gasteiger partial charge is 0.263 e. The van der Waals surface area contributed by atoms with E-state index in [-0.39, 0.29) is 12.5 Å². The highest BCUT2D eigenvalue weighted by molar-refractivity contribution is 7.92. The summed E-state index contributed by atoms with van der Waals surface area (Å²) in [5.41, 5.74) is 1.51. The molecule has 1 amide bonds. The van der Waals surface area contributed by atoms with E-state index in [1.54, 1.807) is 31.4 Å². The molecule has 1 heterocycles. The van der Waals surface area contributed by atoms with E-state index in [4.69, 9.17) is 14.2 Å². The number of benzene rings is 2. The number of anilines is 1. The van der Waals surface area contributed by atoms with Crippen molar-refractivity contribution >= 4 is 21.6 Å². The number of amides is 1. The molecule has 31 heavy (non-hydrogen) atoms. The Labute approximate surface area is 183 Å². The van der Waals surface area contributed by atoms with Crippen LogP contribution in [0.15, 0.2) is 42.5 Å². The zero-order chi connectivity index (χ0) is 22.4. The molecule has 1 atom stereocenters. The predicted octanol–water partition coefficient (Wildman–Crippen LogP) is 2.37. The van der Waals surface area contributed by atoms with E-state index in [1.165, 1.54) is 4.31 Å². The summed E-state index contributed by atoms with van der Waals surface area (Å²) in [6.07, 6.45) is 1.67. The summed E-state index contributed by atoms with van der Waals surface area (Å²) in [7, 11) is -1.93. The van der Waals surface area contributed by atoms with E-state index in [0.717, 1.165) is 18.2 Å². The molecule has 0 radical (unpaired) electrons. The molecule has 0 fully saturated rings. The number of carbonyl (C=O) groups is 1. The second-order valence-electron chi connectivity index (χ2n) is 7.18. The average molecular weight is 449 g/mol. The first kappa shape index (κ1) is 22.7. The van der Waals surface area contributed by atoms with Crippen molar-refractivity contribution in [2.75, 3.05) is 37.4 Å². The zero-order valence-electron chi connectivity index (χ0n) is 18.0. The molecular weight excluding hydrogens is 420 g/mol. The van der Waals surface area contributed by atoms with Gasteiger partial charge in [0.05, 0.1) is 32.2 Å². The molecule has 8 nitrogen and oxygen atoms in total. The lowest BCUT2D eigenvalue weighted by Crippen LogP contribution is -2.50. The number of para-hydroxylation sites is 2. The molecule has 9 heteroatoms. The van der Waals surface area contributed by atoms with Gasteiger partial charge >= 0.3 is 0 Å². The second kappa shape index (κ2) is 9.91. The molecule has 1 aliphatic heterocycles. The predicted molar refractivity (Wildman–Crippen MR) is 119 cm³/mol. The molecule has 0 aromatic heterocycles. The van der Waals surface area contributed by atoms with E-state index >= 15 is 0 Å². The Hall–Kier alpha value is -2.94. The quantitative estimate of drug-likeness (QED) is 0.592. The Bertz CT molecular complexity index is 1020. The summed E-state index contributed by atoms with van der Waals surface area (Å²) >= 11 is 0. The summed E-state index contributed by atoms with van der Waals surface area (Å²) in [5.74, 6) is 1.42. The minimum absolute atomic E-state index is 0.0578. The summed E-state index contributed by atoms with van der Waals surface area (Å²) < 4.78 is 42.2. The Morgan fingerprint density at radius 3 is 2.71 bits per heavy atom. The molecule has 2 aromatic carbocycles. The van der Waals surface area contributed by atoms with Crippen molar-refractivity contribution in [1.29, 1.82) is 0 Å². The molecule has 2 aromatic rings. The molecule has 168 valence electrons. The topological polar surface area (TPSA) is 94.2 Å². The SMILES string of the molecule is CCOc1ccc(CCCNC(=O)[C@@H]2CN(S(C)(=O)=O)c3ccccc3O2)cc1OC. The number of nitrogens with one attached hydrogen (secondary N) is 1. The van der Waals surface area contributed by atoms with Gasteiger partial charge in [-0.15, -0.1) is 0 Å². The van der Waals surface area contributed by atoms with E-state index < -0.39 is 16.1 Å². The molecule has 1 N–H and O–H groups in total. The van der Waals surface area contributed by atoms with Gasteiger partial charge in [0, 0.05) is 6.54 Å². The van der Waals surface area contributed by atoms with E-state index in [1.807, 2.05) is 25.1 Å². The van der Waals surface area contributed by atoms with Crippen LogP contribution in [0, 0.1) is 0 Å². The molecule has 0 saturated carbocycles. The first-order chi connectivity index (χ1) is 14.8. The number of fused-ring (bicyclic) bond motifs is 1. The number of nitrogens with zero attached hydrogens (tertiary/aromatic N) is 1. The maximum Gasteiger partial charge on any atom is 0.263 e. The highest BCUT2D eigenvalue weighted by Gasteiger charge is 2.34. The van der Waals surface area contributed by atoms with E-state index in [2.05, 4.69) is 5.32 Å². The van der Waals surface area contributed by atoms with Crippen LogP contribution in [0.3, 0.4) is 0 Å². The fourth-order valence-electron chi connectivity index (χ4n) is 3.41. The summed E-state index contributed by atoms with van der Waals surface area (Å²) in [4.78, 5) is 12.6. The van der Waals surface area contributed by atoms with Crippen LogP contribution in [0.4, 0.5) is 5.69 Å². The summed E-state index contributed by atoms with van der Waals surface area (Å²) in [6.45, 7) is 2.86. The van der Waals surface area contributed by atoms with Crippen LogP contribution in [-0.2, 0) is 21.2 Å². The molecule has 1 aliphatic rings. The number of hydrogen-bond acceptors (Lipinski definition) is 6. The van der Waals surface area contributed by atoms with Crippen molar-refractivity contribution in [2.24, 2.45) is 0 Å². The van der Waals surface area contributed by atoms with Crippen molar-refractivity contribution < 1.29 is 27.4 Å². The van der Waals surface area contributed by atoms with Crippen molar-refractivity contribution in [3.05, 3.63) is 48.0 Å². The lowest BCUT2D eigenvalue weighted by molar-refractivity contribution is -0.127. The lowest BCUT2D eigenvalue weighted by Gasteiger charge is -2.33. The summed E-state index contributed by atoms with van der Waals surface area (Å²) in [5, 5.41) is 2.84. The minimum atomic E-state index is -3.53. The van der Waals surface area contributed by atoms with Gasteiger partial charge in [-0.1, -0.05) is 18.2 Å².